The van der Waals surface area contributed by atoms with Crippen LogP contribution in [-0.4, -0.2) is 58.3 Å². The average molecular weight is 451 g/mol. The highest BCUT2D eigenvalue weighted by Crippen LogP contribution is 2.29. The van der Waals surface area contributed by atoms with Crippen LogP contribution in [0.5, 0.6) is 0 Å². The quantitative estimate of drug-likeness (QED) is 0.724. The minimum Gasteiger partial charge on any atom is -0.295 e. The molecular weight excluding hydrogens is 428 g/mol. The predicted octanol–water partition coefficient (Wildman–Crippen LogP) is 2.80. The molecule has 9 heteroatoms. The van der Waals surface area contributed by atoms with E-state index in [0.717, 1.165) is 35.1 Å². The van der Waals surface area contributed by atoms with E-state index in [1.54, 1.807) is 23.5 Å². The van der Waals surface area contributed by atoms with Crippen LogP contribution in [0.2, 0.25) is 0 Å². The minimum atomic E-state index is -0.757. The molecule has 0 aliphatic carbocycles. The van der Waals surface area contributed by atoms with Gasteiger partial charge in [0.05, 0.1) is 17.7 Å². The van der Waals surface area contributed by atoms with Crippen LogP contribution in [0, 0.1) is 6.92 Å². The average Bonchev–Trinajstić information content (AvgIpc) is 3.31. The lowest BCUT2D eigenvalue weighted by Crippen LogP contribution is -2.58. The lowest BCUT2D eigenvalue weighted by atomic mass is 10.0. The van der Waals surface area contributed by atoms with Gasteiger partial charge in [-0.15, -0.1) is 11.3 Å². The Morgan fingerprint density at radius 3 is 2.50 bits per heavy atom. The first-order chi connectivity index (χ1) is 15.4. The molecule has 0 unspecified atom stereocenters. The van der Waals surface area contributed by atoms with Gasteiger partial charge in [-0.25, -0.2) is 9.80 Å². The molecular formula is C23H22N4O4S. The molecule has 1 saturated heterocycles. The normalized spacial score (nSPS) is 19.3. The van der Waals surface area contributed by atoms with Crippen molar-refractivity contribution in [3.05, 3.63) is 62.9 Å². The maximum absolute atomic E-state index is 13.0. The summed E-state index contributed by atoms with van der Waals surface area (Å²) in [6.45, 7) is 4.51. The topological polar surface area (TPSA) is 90.0 Å². The van der Waals surface area contributed by atoms with Crippen molar-refractivity contribution >= 4 is 40.7 Å². The minimum absolute atomic E-state index is 0.00487. The molecule has 0 atom stereocenters. The lowest BCUT2D eigenvalue weighted by molar-refractivity contribution is -0.122. The first kappa shape index (κ1) is 20.6. The molecule has 3 aliphatic heterocycles. The highest BCUT2D eigenvalue weighted by atomic mass is 32.1. The Balaban J connectivity index is 1.30. The van der Waals surface area contributed by atoms with Gasteiger partial charge >= 0.3 is 6.03 Å². The molecule has 1 N–H and O–H groups in total. The monoisotopic (exact) mass is 450 g/mol. The number of nitrogens with one attached hydrogen (secondary N) is 1. The number of thiophene rings is 1. The van der Waals surface area contributed by atoms with Crippen LogP contribution >= 0.6 is 11.3 Å². The first-order valence-electron chi connectivity index (χ1n) is 10.5. The van der Waals surface area contributed by atoms with Gasteiger partial charge < -0.3 is 0 Å². The van der Waals surface area contributed by atoms with Crippen molar-refractivity contribution in [2.24, 2.45) is 0 Å². The van der Waals surface area contributed by atoms with E-state index in [1.165, 1.54) is 16.0 Å². The van der Waals surface area contributed by atoms with Crippen molar-refractivity contribution in [2.45, 2.75) is 26.3 Å². The number of benzene rings is 1. The molecule has 1 aromatic carbocycles. The van der Waals surface area contributed by atoms with Gasteiger partial charge in [0.15, 0.2) is 0 Å². The number of imide groups is 2. The molecule has 4 heterocycles. The third kappa shape index (κ3) is 3.63. The number of hydrazine groups is 1. The van der Waals surface area contributed by atoms with Crippen LogP contribution in [0.15, 0.2) is 35.7 Å². The van der Waals surface area contributed by atoms with Crippen LogP contribution in [0.25, 0.3) is 5.57 Å². The largest absolute Gasteiger partial charge is 0.343 e. The van der Waals surface area contributed by atoms with Gasteiger partial charge in [-0.1, -0.05) is 12.1 Å². The molecule has 1 aromatic heterocycles. The van der Waals surface area contributed by atoms with Crippen molar-refractivity contribution < 1.29 is 19.2 Å². The summed E-state index contributed by atoms with van der Waals surface area (Å²) < 4.78 is 0. The van der Waals surface area contributed by atoms with E-state index in [-0.39, 0.29) is 18.5 Å². The summed E-state index contributed by atoms with van der Waals surface area (Å²) in [5.74, 6) is -1.50. The van der Waals surface area contributed by atoms with E-state index in [1.807, 2.05) is 6.07 Å². The zero-order chi connectivity index (χ0) is 22.4. The van der Waals surface area contributed by atoms with Crippen LogP contribution in [0.3, 0.4) is 0 Å². The van der Waals surface area contributed by atoms with Crippen LogP contribution in [0.1, 0.15) is 49.6 Å². The first-order valence-corrected chi connectivity index (χ1v) is 11.4. The number of fused-ring (bicyclic) bond motifs is 1. The second-order valence-electron chi connectivity index (χ2n) is 8.19. The van der Waals surface area contributed by atoms with Crippen molar-refractivity contribution in [1.82, 2.24) is 20.2 Å². The lowest BCUT2D eigenvalue weighted by Gasteiger charge is -2.32. The number of hydrogen-bond acceptors (Lipinski definition) is 6. The molecule has 0 spiro atoms. The SMILES string of the molecule is Cc1cc(C2=CCN(Cc3ccc4c(c3)C(=O)N(N3CCC(=O)NC3=O)C4=O)CC2)cs1. The zero-order valence-corrected chi connectivity index (χ0v) is 18.4. The Morgan fingerprint density at radius 1 is 1.00 bits per heavy atom. The Morgan fingerprint density at radius 2 is 1.81 bits per heavy atom. The number of rotatable bonds is 4. The van der Waals surface area contributed by atoms with Gasteiger partial charge in [-0.3, -0.25) is 24.6 Å². The fourth-order valence-corrected chi connectivity index (χ4v) is 5.05. The summed E-state index contributed by atoms with van der Waals surface area (Å²) in [6, 6.07) is 6.71. The number of nitrogens with zero attached hydrogens (tertiary/aromatic N) is 3. The fraction of sp³-hybridized carbons (Fsp3) is 0.304. The van der Waals surface area contributed by atoms with Gasteiger partial charge in [0, 0.05) is 30.9 Å². The number of carbonyl (C=O) groups is 4. The van der Waals surface area contributed by atoms with Crippen molar-refractivity contribution in [2.75, 3.05) is 19.6 Å². The summed E-state index contributed by atoms with van der Waals surface area (Å²) in [4.78, 5) is 52.9. The standard InChI is InChI=1S/C23H22N4O4S/c1-14-10-17(13-32-14)16-4-7-25(8-5-16)12-15-2-3-18-19(11-15)22(30)27(21(18)29)26-9-6-20(28)24-23(26)31/h2-4,10-11,13H,5-9,12H2,1H3,(H,24,28,31). The molecule has 3 aliphatic rings. The number of carbonyl (C=O) groups excluding carboxylic acids is 4. The smallest absolute Gasteiger partial charge is 0.295 e. The summed E-state index contributed by atoms with van der Waals surface area (Å²) >= 11 is 1.76. The molecule has 1 fully saturated rings. The van der Waals surface area contributed by atoms with Gasteiger partial charge in [-0.2, -0.15) is 5.01 Å². The summed E-state index contributed by atoms with van der Waals surface area (Å²) in [5.41, 5.74) is 4.18. The van der Waals surface area contributed by atoms with E-state index in [9.17, 15) is 19.2 Å². The molecule has 5 amide bonds. The Kier molecular flexibility index (Phi) is 5.15. The van der Waals surface area contributed by atoms with Gasteiger partial charge in [0.2, 0.25) is 5.91 Å². The fourth-order valence-electron chi connectivity index (χ4n) is 4.33. The van der Waals surface area contributed by atoms with Gasteiger partial charge in [0.1, 0.15) is 0 Å². The number of amides is 5. The molecule has 2 aromatic rings. The Labute approximate surface area is 189 Å². The molecule has 164 valence electrons. The number of aryl methyl sites for hydroxylation is 1. The zero-order valence-electron chi connectivity index (χ0n) is 17.6. The molecule has 0 radical (unpaired) electrons. The second-order valence-corrected chi connectivity index (χ2v) is 9.30. The molecule has 32 heavy (non-hydrogen) atoms. The van der Waals surface area contributed by atoms with Crippen molar-refractivity contribution in [3.8, 4) is 0 Å². The van der Waals surface area contributed by atoms with Crippen molar-refractivity contribution in [1.29, 1.82) is 0 Å². The van der Waals surface area contributed by atoms with E-state index < -0.39 is 23.8 Å². The van der Waals surface area contributed by atoms with E-state index in [2.05, 4.69) is 34.7 Å². The van der Waals surface area contributed by atoms with E-state index >= 15 is 0 Å². The summed E-state index contributed by atoms with van der Waals surface area (Å²) in [7, 11) is 0. The molecule has 0 saturated carbocycles. The number of urea groups is 1. The second kappa shape index (κ2) is 7.99. The molecule has 8 nitrogen and oxygen atoms in total. The Hall–Kier alpha value is -3.30. The third-order valence-electron chi connectivity index (χ3n) is 6.00. The summed E-state index contributed by atoms with van der Waals surface area (Å²) in [6.07, 6.45) is 3.26. The van der Waals surface area contributed by atoms with Crippen molar-refractivity contribution in [3.63, 3.8) is 0 Å². The van der Waals surface area contributed by atoms with E-state index in [0.29, 0.717) is 12.1 Å². The highest BCUT2D eigenvalue weighted by molar-refractivity contribution is 7.10. The van der Waals surface area contributed by atoms with Crippen LogP contribution < -0.4 is 5.32 Å². The molecule has 0 bridgehead atoms. The van der Waals surface area contributed by atoms with Crippen LogP contribution in [-0.2, 0) is 11.3 Å². The van der Waals surface area contributed by atoms with Gasteiger partial charge in [-0.05, 0) is 53.6 Å². The van der Waals surface area contributed by atoms with Gasteiger partial charge in [0.25, 0.3) is 11.8 Å². The maximum atomic E-state index is 13.0. The Bertz CT molecular complexity index is 1180. The van der Waals surface area contributed by atoms with Crippen LogP contribution in [0.4, 0.5) is 4.79 Å². The number of hydrogen-bond donors (Lipinski definition) is 1. The molecule has 5 rings (SSSR count). The van der Waals surface area contributed by atoms with E-state index in [4.69, 9.17) is 0 Å². The predicted molar refractivity (Wildman–Crippen MR) is 119 cm³/mol. The highest BCUT2D eigenvalue weighted by Gasteiger charge is 2.43. The third-order valence-corrected chi connectivity index (χ3v) is 6.86. The maximum Gasteiger partial charge on any atom is 0.343 e. The summed E-state index contributed by atoms with van der Waals surface area (Å²) in [5, 5.41) is 6.20.